The number of aromatic amines is 1. The highest BCUT2D eigenvalue weighted by Crippen LogP contribution is 2.45. The van der Waals surface area contributed by atoms with Crippen LogP contribution >= 0.6 is 11.3 Å². The van der Waals surface area contributed by atoms with Crippen LogP contribution in [-0.2, 0) is 5.54 Å². The van der Waals surface area contributed by atoms with Crippen LogP contribution in [0.3, 0.4) is 0 Å². The summed E-state index contributed by atoms with van der Waals surface area (Å²) in [5.41, 5.74) is 1.95. The molecule has 0 aromatic carbocycles. The van der Waals surface area contributed by atoms with Gasteiger partial charge in [-0.2, -0.15) is 0 Å². The number of carbonyl (C=O) groups is 1. The Hall–Kier alpha value is -2.55. The quantitative estimate of drug-likeness (QED) is 0.661. The fourth-order valence-corrected chi connectivity index (χ4v) is 4.62. The number of nitrogens with zero attached hydrogens (tertiary/aromatic N) is 4. The molecule has 8 nitrogen and oxygen atoms in total. The molecular formula is C15H15N7OS. The molecule has 0 atom stereocenters. The zero-order chi connectivity index (χ0) is 16.1. The molecule has 1 fully saturated rings. The number of carbonyl (C=O) groups excluding carboxylic acids is 1. The van der Waals surface area contributed by atoms with Gasteiger partial charge >= 0.3 is 0 Å². The molecule has 2 aliphatic rings. The lowest BCUT2D eigenvalue weighted by atomic mass is 9.81. The molecule has 3 aromatic rings. The number of imidazole rings is 1. The molecule has 5 rings (SSSR count). The van der Waals surface area contributed by atoms with E-state index in [0.29, 0.717) is 21.5 Å². The van der Waals surface area contributed by atoms with Gasteiger partial charge in [-0.3, -0.25) is 4.79 Å². The summed E-state index contributed by atoms with van der Waals surface area (Å²) in [6.07, 6.45) is 8.45. The van der Waals surface area contributed by atoms with E-state index in [4.69, 9.17) is 4.98 Å². The summed E-state index contributed by atoms with van der Waals surface area (Å²) < 4.78 is 0. The van der Waals surface area contributed by atoms with Gasteiger partial charge in [0.05, 0.1) is 17.6 Å². The molecule has 3 N–H and O–H groups in total. The number of rotatable bonds is 2. The second-order valence-electron chi connectivity index (χ2n) is 6.24. The van der Waals surface area contributed by atoms with Crippen LogP contribution in [0.15, 0.2) is 12.7 Å². The van der Waals surface area contributed by atoms with Crippen molar-refractivity contribution in [3.63, 3.8) is 0 Å². The molecule has 9 heteroatoms. The van der Waals surface area contributed by atoms with Crippen molar-refractivity contribution in [3.8, 4) is 0 Å². The average molecular weight is 341 g/mol. The van der Waals surface area contributed by atoms with Gasteiger partial charge < -0.3 is 15.6 Å². The lowest BCUT2D eigenvalue weighted by molar-refractivity contribution is 0.0910. The normalized spacial score (nSPS) is 18.8. The van der Waals surface area contributed by atoms with Crippen LogP contribution in [0.5, 0.6) is 0 Å². The Balaban J connectivity index is 1.53. The minimum absolute atomic E-state index is 0.00757. The van der Waals surface area contributed by atoms with E-state index in [9.17, 15) is 4.79 Å². The minimum Gasteiger partial charge on any atom is -0.340 e. The summed E-state index contributed by atoms with van der Waals surface area (Å²) in [6, 6.07) is 0. The van der Waals surface area contributed by atoms with Crippen molar-refractivity contribution in [1.29, 1.82) is 0 Å². The van der Waals surface area contributed by atoms with Crippen molar-refractivity contribution in [1.82, 2.24) is 30.2 Å². The van der Waals surface area contributed by atoms with Gasteiger partial charge in [0.1, 0.15) is 16.7 Å². The van der Waals surface area contributed by atoms with E-state index in [2.05, 4.69) is 30.6 Å². The van der Waals surface area contributed by atoms with E-state index in [-0.39, 0.29) is 11.4 Å². The molecule has 4 heterocycles. The molecule has 0 unspecified atom stereocenters. The fourth-order valence-electron chi connectivity index (χ4n) is 3.66. The van der Waals surface area contributed by atoms with Gasteiger partial charge in [0.25, 0.3) is 5.91 Å². The van der Waals surface area contributed by atoms with Crippen LogP contribution < -0.4 is 10.6 Å². The topological polar surface area (TPSA) is 108 Å². The molecule has 1 saturated carbocycles. The number of hydrogen-bond donors (Lipinski definition) is 3. The molecular weight excluding hydrogens is 326 g/mol. The number of aromatic nitrogens is 5. The molecule has 1 spiro atoms. The highest BCUT2D eigenvalue weighted by atomic mass is 32.1. The van der Waals surface area contributed by atoms with E-state index in [1.54, 1.807) is 6.33 Å². The summed E-state index contributed by atoms with van der Waals surface area (Å²) >= 11 is 1.37. The standard InChI is InChI=1S/C15H15N7OS/c23-13-9-10(15(22-13)4-2-1-3-5-15)20-14(24-9)21-12-8-11(17-6-16-8)18-7-19-12/h6-7H,1-5H2,(H,22,23)(H2,16,17,18,19,20,21). The molecule has 122 valence electrons. The third-order valence-corrected chi connectivity index (χ3v) is 5.76. The Morgan fingerprint density at radius 1 is 1.17 bits per heavy atom. The Labute approximate surface area is 141 Å². The summed E-state index contributed by atoms with van der Waals surface area (Å²) in [5, 5.41) is 7.06. The molecule has 1 amide bonds. The van der Waals surface area contributed by atoms with E-state index < -0.39 is 0 Å². The molecule has 1 aliphatic carbocycles. The zero-order valence-corrected chi connectivity index (χ0v) is 13.6. The first kappa shape index (κ1) is 13.8. The smallest absolute Gasteiger partial charge is 0.264 e. The second-order valence-corrected chi connectivity index (χ2v) is 7.24. The maximum Gasteiger partial charge on any atom is 0.264 e. The molecule has 3 aromatic heterocycles. The number of hydrogen-bond acceptors (Lipinski definition) is 7. The zero-order valence-electron chi connectivity index (χ0n) is 12.8. The number of nitrogens with one attached hydrogen (secondary N) is 3. The van der Waals surface area contributed by atoms with Crippen molar-refractivity contribution in [2.24, 2.45) is 0 Å². The van der Waals surface area contributed by atoms with Gasteiger partial charge in [0, 0.05) is 0 Å². The minimum atomic E-state index is -0.268. The SMILES string of the molecule is O=C1NC2(CCCCC2)c2nc(Nc3ncnc4nc[nH]c34)sc21. The molecule has 1 aliphatic heterocycles. The summed E-state index contributed by atoms with van der Waals surface area (Å²) in [4.78, 5) is 33.3. The molecule has 0 bridgehead atoms. The van der Waals surface area contributed by atoms with E-state index in [1.807, 2.05) is 0 Å². The van der Waals surface area contributed by atoms with Crippen LogP contribution in [0.2, 0.25) is 0 Å². The lowest BCUT2D eigenvalue weighted by Crippen LogP contribution is -2.41. The lowest BCUT2D eigenvalue weighted by Gasteiger charge is -2.32. The van der Waals surface area contributed by atoms with Crippen LogP contribution in [0, 0.1) is 0 Å². The second kappa shape index (κ2) is 4.97. The summed E-state index contributed by atoms with van der Waals surface area (Å²) in [6.45, 7) is 0. The highest BCUT2D eigenvalue weighted by molar-refractivity contribution is 7.17. The monoisotopic (exact) mass is 341 g/mol. The Morgan fingerprint density at radius 3 is 2.92 bits per heavy atom. The maximum atomic E-state index is 12.4. The first-order valence-electron chi connectivity index (χ1n) is 8.00. The van der Waals surface area contributed by atoms with Crippen LogP contribution in [0.1, 0.15) is 47.5 Å². The first-order valence-corrected chi connectivity index (χ1v) is 8.82. The van der Waals surface area contributed by atoms with Gasteiger partial charge in [-0.1, -0.05) is 30.6 Å². The average Bonchev–Trinajstić information content (AvgIpc) is 3.27. The molecule has 0 saturated heterocycles. The highest BCUT2D eigenvalue weighted by Gasteiger charge is 2.46. The van der Waals surface area contributed by atoms with Crippen molar-refractivity contribution < 1.29 is 4.79 Å². The third kappa shape index (κ3) is 1.94. The van der Waals surface area contributed by atoms with Gasteiger partial charge in [-0.15, -0.1) is 0 Å². The van der Waals surface area contributed by atoms with Crippen molar-refractivity contribution in [2.75, 3.05) is 5.32 Å². The van der Waals surface area contributed by atoms with Gasteiger partial charge in [0.15, 0.2) is 16.6 Å². The molecule has 24 heavy (non-hydrogen) atoms. The van der Waals surface area contributed by atoms with Crippen molar-refractivity contribution in [2.45, 2.75) is 37.6 Å². The third-order valence-electron chi connectivity index (χ3n) is 4.79. The largest absolute Gasteiger partial charge is 0.340 e. The number of H-pyrrole nitrogens is 1. The number of fused-ring (bicyclic) bond motifs is 3. The van der Waals surface area contributed by atoms with Gasteiger partial charge in [-0.05, 0) is 12.8 Å². The maximum absolute atomic E-state index is 12.4. The predicted molar refractivity (Wildman–Crippen MR) is 89.3 cm³/mol. The van der Waals surface area contributed by atoms with Crippen molar-refractivity contribution >= 4 is 39.4 Å². The van der Waals surface area contributed by atoms with Crippen LogP contribution in [0.4, 0.5) is 10.9 Å². The predicted octanol–water partition coefficient (Wildman–Crippen LogP) is 2.46. The van der Waals surface area contributed by atoms with Gasteiger partial charge in [0.2, 0.25) is 0 Å². The Morgan fingerprint density at radius 2 is 2.04 bits per heavy atom. The Bertz CT molecular complexity index is 940. The number of anilines is 2. The van der Waals surface area contributed by atoms with E-state index in [0.717, 1.165) is 36.9 Å². The van der Waals surface area contributed by atoms with E-state index >= 15 is 0 Å². The van der Waals surface area contributed by atoms with Crippen LogP contribution in [-0.4, -0.2) is 30.8 Å². The fraction of sp³-hybridized carbons (Fsp3) is 0.400. The summed E-state index contributed by atoms with van der Waals surface area (Å²) in [7, 11) is 0. The summed E-state index contributed by atoms with van der Waals surface area (Å²) in [5.74, 6) is 0.606. The molecule has 0 radical (unpaired) electrons. The van der Waals surface area contributed by atoms with Gasteiger partial charge in [-0.25, -0.2) is 19.9 Å². The van der Waals surface area contributed by atoms with E-state index in [1.165, 1.54) is 24.1 Å². The number of amides is 1. The van der Waals surface area contributed by atoms with Crippen LogP contribution in [0.25, 0.3) is 11.2 Å². The van der Waals surface area contributed by atoms with Crippen molar-refractivity contribution in [3.05, 3.63) is 23.2 Å². The number of thiazole rings is 1. The Kier molecular flexibility index (Phi) is 2.87. The first-order chi connectivity index (χ1) is 11.8.